The maximum atomic E-state index is 13.5. The average molecular weight is 450 g/mol. The van der Waals surface area contributed by atoms with Crippen molar-refractivity contribution in [3.63, 3.8) is 0 Å². The molecule has 2 heterocycles. The Kier molecular flexibility index (Phi) is 6.22. The largest absolute Gasteiger partial charge is 0.489 e. The molecule has 1 atom stereocenters. The molecule has 9 heteroatoms. The van der Waals surface area contributed by atoms with Crippen LogP contribution in [0.15, 0.2) is 36.4 Å². The van der Waals surface area contributed by atoms with Crippen LogP contribution in [-0.4, -0.2) is 54.0 Å². The van der Waals surface area contributed by atoms with E-state index in [1.807, 2.05) is 18.2 Å². The number of aliphatic hydroxyl groups is 1. The van der Waals surface area contributed by atoms with E-state index in [0.717, 1.165) is 49.7 Å². The second kappa shape index (κ2) is 8.90. The molecule has 0 aliphatic carbocycles. The zero-order valence-corrected chi connectivity index (χ0v) is 17.7. The lowest BCUT2D eigenvalue weighted by molar-refractivity contribution is -0.00192. The highest BCUT2D eigenvalue weighted by molar-refractivity contribution is 6.30. The number of β-amino-alcohol motifs (C(OH)–C–C–N with tert-alkyl or cyclic N) is 1. The Labute approximate surface area is 184 Å². The fourth-order valence-electron chi connectivity index (χ4n) is 4.21. The number of urea groups is 1. The molecule has 1 fully saturated rings. The third kappa shape index (κ3) is 5.20. The van der Waals surface area contributed by atoms with Gasteiger partial charge in [0, 0.05) is 50.0 Å². The summed E-state index contributed by atoms with van der Waals surface area (Å²) < 4.78 is 25.3. The highest BCUT2D eigenvalue weighted by Crippen LogP contribution is 2.41. The lowest BCUT2D eigenvalue weighted by atomic mass is 9.87. The molecule has 4 rings (SSSR count). The molecule has 0 bridgehead atoms. The smallest absolute Gasteiger partial charge is 0.316 e. The Morgan fingerprint density at radius 2 is 2.10 bits per heavy atom. The Bertz CT molecular complexity index is 966. The summed E-state index contributed by atoms with van der Waals surface area (Å²) in [5.41, 5.74) is 6.31. The quantitative estimate of drug-likeness (QED) is 0.629. The molecule has 1 spiro atoms. The minimum Gasteiger partial charge on any atom is -0.489 e. The summed E-state index contributed by atoms with van der Waals surface area (Å²) >= 11 is 6.10. The number of nitrogens with one attached hydrogen (secondary N) is 1. The van der Waals surface area contributed by atoms with Crippen molar-refractivity contribution in [1.29, 1.82) is 0 Å². The van der Waals surface area contributed by atoms with E-state index in [2.05, 4.69) is 10.2 Å². The first-order valence-corrected chi connectivity index (χ1v) is 10.6. The first kappa shape index (κ1) is 21.7. The first-order chi connectivity index (χ1) is 14.8. The van der Waals surface area contributed by atoms with Gasteiger partial charge in [-0.25, -0.2) is 9.18 Å². The van der Waals surface area contributed by atoms with E-state index in [1.54, 1.807) is 0 Å². The van der Waals surface area contributed by atoms with Crippen LogP contribution in [-0.2, 0) is 6.42 Å². The van der Waals surface area contributed by atoms with Gasteiger partial charge in [-0.05, 0) is 35.9 Å². The number of carbonyl (C=O) groups is 1. The summed E-state index contributed by atoms with van der Waals surface area (Å²) in [4.78, 5) is 13.3. The number of carbonyl (C=O) groups excluding carboxylic acids is 1. The zero-order chi connectivity index (χ0) is 22.0. The minimum atomic E-state index is -0.780. The van der Waals surface area contributed by atoms with Crippen LogP contribution in [0.4, 0.5) is 14.9 Å². The fourth-order valence-corrected chi connectivity index (χ4v) is 4.41. The van der Waals surface area contributed by atoms with E-state index in [4.69, 9.17) is 26.8 Å². The number of fused-ring (bicyclic) bond motifs is 1. The Hall–Kier alpha value is -2.55. The maximum Gasteiger partial charge on any atom is 0.316 e. The van der Waals surface area contributed by atoms with E-state index >= 15 is 0 Å². The Morgan fingerprint density at radius 1 is 1.32 bits per heavy atom. The molecule has 2 aliphatic rings. The molecule has 31 heavy (non-hydrogen) atoms. The standard InChI is InChI=1S/C22H25ClFN3O4/c23-15-1-4-19-14(9-15)11-22(31-19)5-7-27(8-6-22)12-17(28)13-30-20-10-16(24)2-3-18(20)26-21(25)29/h1-4,9-10,17,28H,5-8,11-13H2,(H3,25,26,29)/t17-/m0/s1. The summed E-state index contributed by atoms with van der Waals surface area (Å²) in [7, 11) is 0. The van der Waals surface area contributed by atoms with Crippen molar-refractivity contribution in [2.24, 2.45) is 5.73 Å². The second-order valence-electron chi connectivity index (χ2n) is 8.11. The molecule has 0 saturated carbocycles. The third-order valence-electron chi connectivity index (χ3n) is 5.73. The van der Waals surface area contributed by atoms with E-state index in [-0.39, 0.29) is 23.6 Å². The van der Waals surface area contributed by atoms with Crippen molar-refractivity contribution in [2.45, 2.75) is 31.0 Å². The molecule has 0 unspecified atom stereocenters. The molecule has 2 aliphatic heterocycles. The van der Waals surface area contributed by atoms with Gasteiger partial charge in [0.25, 0.3) is 0 Å². The number of nitrogens with two attached hydrogens (primary N) is 1. The molecule has 7 nitrogen and oxygen atoms in total. The van der Waals surface area contributed by atoms with Gasteiger partial charge in [-0.1, -0.05) is 11.6 Å². The molecule has 2 aromatic carbocycles. The SMILES string of the molecule is NC(=O)Nc1ccc(F)cc1OC[C@@H](O)CN1CCC2(CC1)Cc1cc(Cl)ccc1O2. The monoisotopic (exact) mass is 449 g/mol. The Balaban J connectivity index is 1.27. The molecular weight excluding hydrogens is 425 g/mol. The third-order valence-corrected chi connectivity index (χ3v) is 5.97. The van der Waals surface area contributed by atoms with Crippen molar-refractivity contribution in [3.8, 4) is 11.5 Å². The van der Waals surface area contributed by atoms with Crippen LogP contribution in [0.5, 0.6) is 11.5 Å². The number of nitrogens with zero attached hydrogens (tertiary/aromatic N) is 1. The number of hydrogen-bond acceptors (Lipinski definition) is 5. The van der Waals surface area contributed by atoms with Crippen LogP contribution in [0, 0.1) is 5.82 Å². The number of likely N-dealkylation sites (tertiary alicyclic amines) is 1. The highest BCUT2D eigenvalue weighted by Gasteiger charge is 2.42. The molecular formula is C22H25ClFN3O4. The van der Waals surface area contributed by atoms with Crippen molar-refractivity contribution in [2.75, 3.05) is 31.6 Å². The van der Waals surface area contributed by atoms with Gasteiger partial charge in [0.2, 0.25) is 0 Å². The maximum absolute atomic E-state index is 13.5. The van der Waals surface area contributed by atoms with E-state index < -0.39 is 18.0 Å². The van der Waals surface area contributed by atoms with Crippen LogP contribution in [0.3, 0.4) is 0 Å². The highest BCUT2D eigenvalue weighted by atomic mass is 35.5. The number of ether oxygens (including phenoxy) is 2. The summed E-state index contributed by atoms with van der Waals surface area (Å²) in [6.07, 6.45) is 1.77. The van der Waals surface area contributed by atoms with Crippen LogP contribution < -0.4 is 20.5 Å². The van der Waals surface area contributed by atoms with Gasteiger partial charge in [0.05, 0.1) is 5.69 Å². The summed E-state index contributed by atoms with van der Waals surface area (Å²) in [6, 6.07) is 8.64. The van der Waals surface area contributed by atoms with Gasteiger partial charge in [-0.3, -0.25) is 0 Å². The van der Waals surface area contributed by atoms with E-state index in [1.165, 1.54) is 12.1 Å². The summed E-state index contributed by atoms with van der Waals surface area (Å²) in [6.45, 7) is 1.95. The average Bonchev–Trinajstić information content (AvgIpc) is 3.06. The molecule has 1 saturated heterocycles. The predicted octanol–water partition coefficient (Wildman–Crippen LogP) is 3.18. The number of primary amides is 1. The van der Waals surface area contributed by atoms with Crippen LogP contribution in [0.25, 0.3) is 0 Å². The van der Waals surface area contributed by atoms with Crippen molar-refractivity contribution < 1.29 is 23.8 Å². The number of amides is 2. The predicted molar refractivity (Wildman–Crippen MR) is 115 cm³/mol. The number of hydrogen-bond donors (Lipinski definition) is 3. The minimum absolute atomic E-state index is 0.0427. The molecule has 0 radical (unpaired) electrons. The van der Waals surface area contributed by atoms with Gasteiger partial charge < -0.3 is 30.5 Å². The van der Waals surface area contributed by atoms with Crippen molar-refractivity contribution >= 4 is 23.3 Å². The Morgan fingerprint density at radius 3 is 2.84 bits per heavy atom. The lowest BCUT2D eigenvalue weighted by Crippen LogP contribution is -2.49. The fraction of sp³-hybridized carbons (Fsp3) is 0.409. The van der Waals surface area contributed by atoms with Crippen LogP contribution in [0.2, 0.25) is 5.02 Å². The van der Waals surface area contributed by atoms with Gasteiger partial charge in [-0.2, -0.15) is 0 Å². The number of benzene rings is 2. The van der Waals surface area contributed by atoms with Gasteiger partial charge in [0.1, 0.15) is 35.6 Å². The topological polar surface area (TPSA) is 97.1 Å². The number of aliphatic hydroxyl groups excluding tert-OH is 1. The summed E-state index contributed by atoms with van der Waals surface area (Å²) in [5, 5.41) is 13.5. The normalized spacial score (nSPS) is 18.3. The van der Waals surface area contributed by atoms with Gasteiger partial charge in [0.15, 0.2) is 0 Å². The van der Waals surface area contributed by atoms with Gasteiger partial charge >= 0.3 is 6.03 Å². The number of anilines is 1. The van der Waals surface area contributed by atoms with E-state index in [9.17, 15) is 14.3 Å². The van der Waals surface area contributed by atoms with E-state index in [0.29, 0.717) is 11.6 Å². The van der Waals surface area contributed by atoms with Crippen LogP contribution >= 0.6 is 11.6 Å². The first-order valence-electron chi connectivity index (χ1n) is 10.2. The second-order valence-corrected chi connectivity index (χ2v) is 8.55. The number of halogens is 2. The molecule has 2 amide bonds. The molecule has 0 aromatic heterocycles. The molecule has 166 valence electrons. The number of rotatable bonds is 6. The zero-order valence-electron chi connectivity index (χ0n) is 16.9. The van der Waals surface area contributed by atoms with Gasteiger partial charge in [-0.15, -0.1) is 0 Å². The summed E-state index contributed by atoms with van der Waals surface area (Å²) in [5.74, 6) is 0.507. The molecule has 4 N–H and O–H groups in total. The van der Waals surface area contributed by atoms with Crippen molar-refractivity contribution in [1.82, 2.24) is 4.90 Å². The molecule has 2 aromatic rings. The van der Waals surface area contributed by atoms with Crippen molar-refractivity contribution in [3.05, 3.63) is 52.8 Å². The van der Waals surface area contributed by atoms with Crippen LogP contribution in [0.1, 0.15) is 18.4 Å². The lowest BCUT2D eigenvalue weighted by Gasteiger charge is -2.39. The number of piperidine rings is 1.